The average molecular weight is 934 g/mol. The maximum absolute atomic E-state index is 5.74. The molecular weight excluding hydrogens is 879 g/mol. The predicted octanol–water partition coefficient (Wildman–Crippen LogP) is 11.1. The van der Waals surface area contributed by atoms with Crippen molar-refractivity contribution in [2.45, 2.75) is 49.0 Å². The van der Waals surface area contributed by atoms with Crippen LogP contribution in [-0.4, -0.2) is 44.9 Å². The Morgan fingerprint density at radius 1 is 0.507 bits per heavy atom. The van der Waals surface area contributed by atoms with E-state index < -0.39 is 0 Å². The van der Waals surface area contributed by atoms with E-state index in [4.69, 9.17) is 38.8 Å². The molecule has 12 rings (SSSR count). The number of benzene rings is 1. The molecule has 0 unspecified atom stereocenters. The van der Waals surface area contributed by atoms with E-state index in [0.717, 1.165) is 71.6 Å². The molecule has 0 saturated carbocycles. The highest BCUT2D eigenvalue weighted by Crippen LogP contribution is 2.29. The normalized spacial score (nSPS) is 10.5. The number of thiophene rings is 2. The molecule has 0 aliphatic rings. The Hall–Kier alpha value is -8.22. The lowest BCUT2D eigenvalue weighted by Crippen LogP contribution is -1.89. The van der Waals surface area contributed by atoms with Crippen molar-refractivity contribution in [1.29, 1.82) is 0 Å². The lowest BCUT2D eigenvalue weighted by molar-refractivity contribution is 0.578. The van der Waals surface area contributed by atoms with Crippen LogP contribution in [0.1, 0.15) is 40.2 Å². The quantitative estimate of drug-likeness (QED) is 0.0640. The zero-order chi connectivity index (χ0) is 47.1. The zero-order valence-corrected chi connectivity index (χ0v) is 38.9. The van der Waals surface area contributed by atoms with Gasteiger partial charge in [0.15, 0.2) is 17.2 Å². The molecule has 16 nitrogen and oxygen atoms in total. The van der Waals surface area contributed by atoms with Crippen molar-refractivity contribution < 1.29 is 4.42 Å². The number of pyridine rings is 5. The number of hydrogen-bond donors (Lipinski definition) is 9. The molecule has 0 fully saturated rings. The van der Waals surface area contributed by atoms with Crippen molar-refractivity contribution in [2.24, 2.45) is 0 Å². The minimum absolute atomic E-state index is 0. The molecule has 0 aliphatic carbocycles. The second kappa shape index (κ2) is 21.2. The predicted molar refractivity (Wildman–Crippen MR) is 283 cm³/mol. The average Bonchev–Trinajstić information content (AvgIpc) is 4.14. The number of nitrogens with one attached hydrogen (secondary N) is 3. The van der Waals surface area contributed by atoms with Crippen molar-refractivity contribution >= 4 is 121 Å². The van der Waals surface area contributed by atoms with Crippen LogP contribution in [0.2, 0.25) is 0 Å². The molecule has 18 heteroatoms. The lowest BCUT2D eigenvalue weighted by atomic mass is 10.2. The van der Waals surface area contributed by atoms with Crippen LogP contribution in [0.25, 0.3) is 64.0 Å². The molecule has 0 aliphatic heterocycles. The maximum Gasteiger partial charge on any atom is 0.176 e. The topological polar surface area (TPSA) is 294 Å². The highest BCUT2D eigenvalue weighted by atomic mass is 32.1. The van der Waals surface area contributed by atoms with Crippen LogP contribution < -0.4 is 34.4 Å². The molecule has 0 amide bonds. The molecule has 0 atom stereocenters. The number of nitrogen functional groups attached to an aromatic ring is 6. The van der Waals surface area contributed by atoms with Gasteiger partial charge in [0.25, 0.3) is 0 Å². The first-order valence-electron chi connectivity index (χ1n) is 20.6. The van der Waals surface area contributed by atoms with Crippen LogP contribution in [0.3, 0.4) is 0 Å². The summed E-state index contributed by atoms with van der Waals surface area (Å²) in [6, 6.07) is 25.8. The van der Waals surface area contributed by atoms with Gasteiger partial charge in [-0.15, -0.1) is 22.7 Å². The second-order valence-corrected chi connectivity index (χ2v) is 17.7. The summed E-state index contributed by atoms with van der Waals surface area (Å²) >= 11 is 3.44. The molecule has 0 bridgehead atoms. The molecule has 1 aromatic carbocycles. The number of nitrogens with zero attached hydrogens (tertiary/aromatic N) is 6. The van der Waals surface area contributed by atoms with Gasteiger partial charge in [0, 0.05) is 78.4 Å². The summed E-state index contributed by atoms with van der Waals surface area (Å²) in [5.74, 6) is 4.51. The Morgan fingerprint density at radius 3 is 1.79 bits per heavy atom. The number of furan rings is 1. The van der Waals surface area contributed by atoms with E-state index in [1.54, 1.807) is 53.7 Å². The van der Waals surface area contributed by atoms with Crippen LogP contribution in [0, 0.1) is 41.5 Å². The fraction of sp³-hybridized carbons (Fsp3) is 0.143. The van der Waals surface area contributed by atoms with Gasteiger partial charge in [-0.05, 0) is 114 Å². The van der Waals surface area contributed by atoms with Gasteiger partial charge in [-0.2, -0.15) is 0 Å². The molecule has 11 heterocycles. The molecule has 0 radical (unpaired) electrons. The van der Waals surface area contributed by atoms with Crippen LogP contribution in [0.15, 0.2) is 114 Å². The van der Waals surface area contributed by atoms with Gasteiger partial charge in [0.2, 0.25) is 0 Å². The van der Waals surface area contributed by atoms with Gasteiger partial charge in [-0.25, -0.2) is 29.9 Å². The van der Waals surface area contributed by atoms with Gasteiger partial charge in [0.05, 0.1) is 26.9 Å². The number of nitrogens with two attached hydrogens (primary N) is 6. The summed E-state index contributed by atoms with van der Waals surface area (Å²) in [5, 5.41) is 5.47. The number of aromatic nitrogens is 9. The number of anilines is 6. The number of imidazole rings is 1. The lowest BCUT2D eigenvalue weighted by Gasteiger charge is -1.92. The molecule has 0 saturated heterocycles. The summed E-state index contributed by atoms with van der Waals surface area (Å²) in [4.78, 5) is 36.0. The Bertz CT molecular complexity index is 2950. The van der Waals surface area contributed by atoms with Crippen molar-refractivity contribution in [3.8, 4) is 0 Å². The largest absolute Gasteiger partial charge is 0.457 e. The smallest absolute Gasteiger partial charge is 0.176 e. The van der Waals surface area contributed by atoms with Gasteiger partial charge < -0.3 is 53.8 Å². The van der Waals surface area contributed by atoms with Crippen LogP contribution in [0.5, 0.6) is 0 Å². The maximum atomic E-state index is 5.74. The molecular formula is C49H55N15OS2. The van der Waals surface area contributed by atoms with Gasteiger partial charge in [-0.3, -0.25) is 0 Å². The third-order valence-electron chi connectivity index (χ3n) is 9.85. The van der Waals surface area contributed by atoms with Crippen molar-refractivity contribution in [3.63, 3.8) is 0 Å². The first kappa shape index (κ1) is 48.2. The number of fused-ring (bicyclic) bond motifs is 6. The minimum Gasteiger partial charge on any atom is -0.457 e. The SMILES string of the molecule is C.Cc1cc2c(N)nccc2[nH]1.Cc1cc2c(N)nccc2s1.Cc1cc2cccc(N)c2[nH]1.Cc1cc2ccnc(N)c2o1.Cc1cc2ccnc(N)c2s1.Cc1nc2c(N)nccc2[nH]1. The zero-order valence-electron chi connectivity index (χ0n) is 37.3. The van der Waals surface area contributed by atoms with Gasteiger partial charge >= 0.3 is 0 Å². The Labute approximate surface area is 394 Å². The first-order chi connectivity index (χ1) is 31.6. The highest BCUT2D eigenvalue weighted by molar-refractivity contribution is 7.19. The summed E-state index contributed by atoms with van der Waals surface area (Å²) in [6.07, 6.45) is 8.52. The fourth-order valence-corrected chi connectivity index (χ4v) is 8.79. The Balaban J connectivity index is 0.000000132. The standard InChI is InChI=1S/C9H10N2.C8H9N3.C8H8N2O.2C8H8N2S.C7H8N4.CH4/c1-6-5-7-3-2-4-8(10)9(7)11-6;1-5-4-6-7(11-5)2-3-10-8(6)9;1-5-4-6-2-3-10-8(9)7(6)11-5;1-5-4-6-7(11-5)2-3-10-8(6)9;1-5-4-6-2-3-10-8(9)7(6)11-5;1-4-10-5-2-3-9-7(8)6(5)11-4;/h2-5,11H,10H2,1H3;2-4,11H,1H3,(H2,9,10);3*2-4H,1H3,(H2,9,10);2-3H,1H3,(H2,8,9)(H,10,11);1H4. The number of rotatable bonds is 0. The van der Waals surface area contributed by atoms with E-state index in [2.05, 4.69) is 83.0 Å². The van der Waals surface area contributed by atoms with E-state index in [-0.39, 0.29) is 7.43 Å². The third kappa shape index (κ3) is 11.7. The molecule has 15 N–H and O–H groups in total. The van der Waals surface area contributed by atoms with E-state index >= 15 is 0 Å². The Kier molecular flexibility index (Phi) is 15.3. The molecule has 11 aromatic heterocycles. The third-order valence-corrected chi connectivity index (χ3v) is 12.0. The second-order valence-electron chi connectivity index (χ2n) is 15.2. The number of hydrogen-bond acceptors (Lipinski definition) is 15. The van der Waals surface area contributed by atoms with Gasteiger partial charge in [-0.1, -0.05) is 19.6 Å². The van der Waals surface area contributed by atoms with E-state index in [9.17, 15) is 0 Å². The molecule has 344 valence electrons. The molecule has 67 heavy (non-hydrogen) atoms. The number of aryl methyl sites for hydroxylation is 6. The molecule has 12 aromatic rings. The van der Waals surface area contributed by atoms with Crippen molar-refractivity contribution in [3.05, 3.63) is 143 Å². The van der Waals surface area contributed by atoms with Gasteiger partial charge in [0.1, 0.15) is 34.6 Å². The van der Waals surface area contributed by atoms with Crippen molar-refractivity contribution in [2.75, 3.05) is 34.4 Å². The number of aromatic amines is 3. The summed E-state index contributed by atoms with van der Waals surface area (Å²) < 4.78 is 7.63. The van der Waals surface area contributed by atoms with Crippen LogP contribution >= 0.6 is 22.7 Å². The first-order valence-corrected chi connectivity index (χ1v) is 22.2. The minimum atomic E-state index is 0. The van der Waals surface area contributed by atoms with E-state index in [1.165, 1.54) is 25.2 Å². The highest BCUT2D eigenvalue weighted by Gasteiger charge is 2.05. The summed E-state index contributed by atoms with van der Waals surface area (Å²) in [6.45, 7) is 12.0. The van der Waals surface area contributed by atoms with Crippen molar-refractivity contribution in [1.82, 2.24) is 44.9 Å². The van der Waals surface area contributed by atoms with E-state index in [1.807, 2.05) is 82.3 Å². The fourth-order valence-electron chi connectivity index (χ4n) is 6.95. The van der Waals surface area contributed by atoms with Crippen LogP contribution in [-0.2, 0) is 0 Å². The molecule has 0 spiro atoms. The van der Waals surface area contributed by atoms with Crippen LogP contribution in [0.4, 0.5) is 34.8 Å². The van der Waals surface area contributed by atoms with E-state index in [0.29, 0.717) is 34.7 Å². The number of H-pyrrole nitrogens is 3. The summed E-state index contributed by atoms with van der Waals surface area (Å²) in [5.41, 5.74) is 41.4. The number of para-hydroxylation sites is 1. The summed E-state index contributed by atoms with van der Waals surface area (Å²) in [7, 11) is 0. The monoisotopic (exact) mass is 933 g/mol. The Morgan fingerprint density at radius 2 is 1.12 bits per heavy atom.